The number of hydrogen-bond donors (Lipinski definition) is 4. The molecule has 0 aliphatic heterocycles. The van der Waals surface area contributed by atoms with Crippen LogP contribution in [-0.2, 0) is 4.79 Å². The highest BCUT2D eigenvalue weighted by Gasteiger charge is 2.13. The molecule has 0 spiro atoms. The number of aliphatic carboxylic acids is 1. The summed E-state index contributed by atoms with van der Waals surface area (Å²) in [5.74, 6) is -0.919. The van der Waals surface area contributed by atoms with Crippen LogP contribution in [0.2, 0.25) is 5.02 Å². The van der Waals surface area contributed by atoms with Crippen molar-refractivity contribution in [3.8, 4) is 0 Å². The van der Waals surface area contributed by atoms with E-state index in [1.54, 1.807) is 0 Å². The third kappa shape index (κ3) is 4.15. The Morgan fingerprint density at radius 2 is 2.29 bits per heavy atom. The average molecular weight is 279 g/mol. The summed E-state index contributed by atoms with van der Waals surface area (Å²) in [5, 5.41) is 27.2. The number of hydrogen-bond acceptors (Lipinski definition) is 5. The minimum absolute atomic E-state index is 0.0851. The molecule has 0 aliphatic carbocycles. The molecule has 0 heterocycles. The first kappa shape index (κ1) is 14.2. The maximum atomic E-state index is 10.7. The smallest absolute Gasteiger partial charge is 0.321 e. The summed E-state index contributed by atoms with van der Waals surface area (Å²) in [6.07, 6.45) is 0. The zero-order chi connectivity index (χ0) is 13.0. The summed E-state index contributed by atoms with van der Waals surface area (Å²) >= 11 is 7.04. The van der Waals surface area contributed by atoms with Crippen LogP contribution in [0.25, 0.3) is 0 Å². The summed E-state index contributed by atoms with van der Waals surface area (Å²) in [6, 6.07) is 3.28. The normalized spacial score (nSPS) is 14.4. The molecule has 5 N–H and O–H groups in total. The van der Waals surface area contributed by atoms with Crippen molar-refractivity contribution in [1.82, 2.24) is 0 Å². The number of halogens is 1. The minimum atomic E-state index is -1.09. The Labute approximate surface area is 107 Å². The van der Waals surface area contributed by atoms with Crippen molar-refractivity contribution >= 4 is 35.0 Å². The number of thioether (sulfide) groups is 1. The first-order valence-corrected chi connectivity index (χ1v) is 5.92. The van der Waals surface area contributed by atoms with Gasteiger partial charge in [0.25, 0.3) is 0 Å². The molecule has 2 unspecified atom stereocenters. The second kappa shape index (κ2) is 6.20. The molecule has 0 saturated carbocycles. The van der Waals surface area contributed by atoms with Gasteiger partial charge in [-0.05, 0) is 6.07 Å². The summed E-state index contributed by atoms with van der Waals surface area (Å²) < 4.78 is 0. The van der Waals surface area contributed by atoms with Crippen molar-refractivity contribution < 1.29 is 20.3 Å². The SMILES string of the molecule is NC(CSc1ccc([NH+]([O-])O)cc1Cl)C(=O)O. The number of rotatable bonds is 5. The van der Waals surface area contributed by atoms with Crippen LogP contribution >= 0.6 is 23.4 Å². The molecule has 0 amide bonds. The van der Waals surface area contributed by atoms with E-state index in [1.165, 1.54) is 30.0 Å². The molecule has 94 valence electrons. The Bertz CT molecular complexity index is 416. The maximum absolute atomic E-state index is 10.7. The van der Waals surface area contributed by atoms with Gasteiger partial charge in [0.1, 0.15) is 6.04 Å². The number of carboxylic acids is 1. The van der Waals surface area contributed by atoms with E-state index in [1.807, 2.05) is 0 Å². The van der Waals surface area contributed by atoms with Gasteiger partial charge in [-0.1, -0.05) is 11.6 Å². The molecule has 8 heteroatoms. The van der Waals surface area contributed by atoms with Crippen LogP contribution in [0.15, 0.2) is 23.1 Å². The standard InChI is InChI=1S/C9H11ClN2O4S/c10-6-3-5(12(15)16)1-2-8(6)17-4-7(11)9(13)14/h1-3,7,12,15H,4,11H2,(H,13,14). The lowest BCUT2D eigenvalue weighted by atomic mass is 10.3. The lowest BCUT2D eigenvalue weighted by Gasteiger charge is -2.13. The van der Waals surface area contributed by atoms with E-state index in [2.05, 4.69) is 0 Å². The van der Waals surface area contributed by atoms with Gasteiger partial charge in [0.2, 0.25) is 0 Å². The van der Waals surface area contributed by atoms with Crippen molar-refractivity contribution in [2.24, 2.45) is 5.73 Å². The van der Waals surface area contributed by atoms with Gasteiger partial charge in [0.15, 0.2) is 5.69 Å². The van der Waals surface area contributed by atoms with Crippen LogP contribution in [0.1, 0.15) is 0 Å². The van der Waals surface area contributed by atoms with Crippen LogP contribution in [-0.4, -0.2) is 28.1 Å². The molecule has 0 radical (unpaired) electrons. The molecule has 0 bridgehead atoms. The highest BCUT2D eigenvalue weighted by molar-refractivity contribution is 7.99. The van der Waals surface area contributed by atoms with Crippen molar-refractivity contribution in [2.75, 3.05) is 5.75 Å². The lowest BCUT2D eigenvalue weighted by molar-refractivity contribution is -0.991. The molecule has 0 aromatic heterocycles. The largest absolute Gasteiger partial charge is 0.595 e. The molecule has 0 aliphatic rings. The number of carboxylic acid groups (broad SMARTS) is 1. The summed E-state index contributed by atoms with van der Waals surface area (Å²) in [7, 11) is 0. The van der Waals surface area contributed by atoms with Crippen molar-refractivity contribution in [3.63, 3.8) is 0 Å². The van der Waals surface area contributed by atoms with E-state index < -0.39 is 17.2 Å². The molecular formula is C9H11ClN2O4S. The molecule has 0 fully saturated rings. The van der Waals surface area contributed by atoms with Crippen LogP contribution in [0, 0.1) is 5.21 Å². The highest BCUT2D eigenvalue weighted by atomic mass is 35.5. The summed E-state index contributed by atoms with van der Waals surface area (Å²) in [4.78, 5) is 11.1. The van der Waals surface area contributed by atoms with Gasteiger partial charge in [-0.3, -0.25) is 4.79 Å². The highest BCUT2D eigenvalue weighted by Crippen LogP contribution is 2.28. The van der Waals surface area contributed by atoms with Crippen LogP contribution in [0.4, 0.5) is 5.69 Å². The van der Waals surface area contributed by atoms with Crippen molar-refractivity contribution in [1.29, 1.82) is 0 Å². The van der Waals surface area contributed by atoms with Gasteiger partial charge in [0, 0.05) is 22.8 Å². The summed E-state index contributed by atoms with van der Waals surface area (Å²) in [6.45, 7) is 0. The number of carbonyl (C=O) groups is 1. The Hall–Kier alpha value is -0.830. The van der Waals surface area contributed by atoms with Gasteiger partial charge >= 0.3 is 5.97 Å². The van der Waals surface area contributed by atoms with E-state index in [0.717, 1.165) is 0 Å². The predicted molar refractivity (Wildman–Crippen MR) is 63.6 cm³/mol. The minimum Gasteiger partial charge on any atom is -0.595 e. The van der Waals surface area contributed by atoms with E-state index in [4.69, 9.17) is 27.6 Å². The van der Waals surface area contributed by atoms with Gasteiger partial charge in [0.05, 0.1) is 5.02 Å². The van der Waals surface area contributed by atoms with Gasteiger partial charge < -0.3 is 16.0 Å². The Morgan fingerprint density at radius 1 is 1.65 bits per heavy atom. The summed E-state index contributed by atoms with van der Waals surface area (Å²) in [5.41, 5.74) is 5.42. The zero-order valence-corrected chi connectivity index (χ0v) is 10.2. The molecule has 0 saturated heterocycles. The van der Waals surface area contributed by atoms with E-state index in [9.17, 15) is 10.0 Å². The second-order valence-electron chi connectivity index (χ2n) is 3.21. The molecule has 1 aromatic carbocycles. The predicted octanol–water partition coefficient (Wildman–Crippen LogP) is 0.247. The number of quaternary nitrogens is 1. The molecule has 17 heavy (non-hydrogen) atoms. The van der Waals surface area contributed by atoms with Crippen molar-refractivity contribution in [3.05, 3.63) is 28.4 Å². The number of nitrogens with one attached hydrogen (secondary N) is 1. The van der Waals surface area contributed by atoms with E-state index >= 15 is 0 Å². The van der Waals surface area contributed by atoms with E-state index in [-0.39, 0.29) is 16.5 Å². The fraction of sp³-hybridized carbons (Fsp3) is 0.222. The zero-order valence-electron chi connectivity index (χ0n) is 8.59. The Morgan fingerprint density at radius 3 is 2.76 bits per heavy atom. The van der Waals surface area contributed by atoms with Gasteiger partial charge in [-0.15, -0.1) is 11.8 Å². The lowest BCUT2D eigenvalue weighted by Crippen LogP contribution is -2.99. The first-order valence-electron chi connectivity index (χ1n) is 4.56. The quantitative estimate of drug-likeness (QED) is 0.454. The van der Waals surface area contributed by atoms with Crippen LogP contribution in [0.3, 0.4) is 0 Å². The Kier molecular flexibility index (Phi) is 5.19. The molecule has 1 rings (SSSR count). The third-order valence-electron chi connectivity index (χ3n) is 1.91. The molecule has 6 nitrogen and oxygen atoms in total. The van der Waals surface area contributed by atoms with Gasteiger partial charge in [-0.25, -0.2) is 5.21 Å². The molecule has 2 atom stereocenters. The topological polar surface area (TPSA) is 111 Å². The fourth-order valence-corrected chi connectivity index (χ4v) is 2.21. The fourth-order valence-electron chi connectivity index (χ4n) is 1.00. The monoisotopic (exact) mass is 278 g/mol. The third-order valence-corrected chi connectivity index (χ3v) is 3.53. The average Bonchev–Trinajstić information content (AvgIpc) is 2.26. The van der Waals surface area contributed by atoms with E-state index in [0.29, 0.717) is 4.90 Å². The van der Waals surface area contributed by atoms with Crippen molar-refractivity contribution in [2.45, 2.75) is 10.9 Å². The molecule has 1 aromatic rings. The number of nitrogens with two attached hydrogens (primary N) is 1. The van der Waals surface area contributed by atoms with Crippen LogP contribution in [0.5, 0.6) is 0 Å². The molecular weight excluding hydrogens is 268 g/mol. The number of benzene rings is 1. The van der Waals surface area contributed by atoms with Crippen LogP contribution < -0.4 is 11.0 Å². The second-order valence-corrected chi connectivity index (χ2v) is 4.68. The maximum Gasteiger partial charge on any atom is 0.321 e. The van der Waals surface area contributed by atoms with Gasteiger partial charge in [-0.2, -0.15) is 5.23 Å². The Balaban J connectivity index is 2.70. The first-order chi connectivity index (χ1) is 7.91.